The lowest BCUT2D eigenvalue weighted by Crippen LogP contribution is -2.30. The Balaban J connectivity index is 1.72. The number of ether oxygens (including phenoxy) is 1. The molecule has 3 aromatic rings. The van der Waals surface area contributed by atoms with E-state index in [-0.39, 0.29) is 16.5 Å². The maximum Gasteiger partial charge on any atom is 0.266 e. The number of amides is 1. The molecule has 0 fully saturated rings. The third-order valence-electron chi connectivity index (χ3n) is 3.41. The first-order chi connectivity index (χ1) is 12.4. The molecule has 0 saturated heterocycles. The molecule has 2 aromatic carbocycles. The Bertz CT molecular complexity index is 931. The van der Waals surface area contributed by atoms with E-state index in [0.717, 1.165) is 0 Å². The third kappa shape index (κ3) is 4.12. The van der Waals surface area contributed by atoms with Crippen molar-refractivity contribution in [2.24, 2.45) is 0 Å². The maximum atomic E-state index is 13.0. The van der Waals surface area contributed by atoms with Gasteiger partial charge >= 0.3 is 0 Å². The molecule has 0 unspecified atom stereocenters. The number of benzene rings is 2. The van der Waals surface area contributed by atoms with Crippen LogP contribution in [0.25, 0.3) is 11.3 Å². The molecule has 0 radical (unpaired) electrons. The molecule has 0 saturated carbocycles. The summed E-state index contributed by atoms with van der Waals surface area (Å²) in [7, 11) is 0. The number of carbonyl (C=O) groups is 1. The summed E-state index contributed by atoms with van der Waals surface area (Å²) >= 11 is 11.9. The molecule has 1 N–H and O–H groups in total. The highest BCUT2D eigenvalue weighted by molar-refractivity contribution is 6.35. The lowest BCUT2D eigenvalue weighted by molar-refractivity contribution is -0.122. The van der Waals surface area contributed by atoms with Crippen LogP contribution in [-0.2, 0) is 4.79 Å². The molecule has 0 aliphatic rings. The maximum absolute atomic E-state index is 13.0. The number of carbonyl (C=O) groups excluding carboxylic acids is 1. The molecule has 3 rings (SSSR count). The first kappa shape index (κ1) is 18.2. The number of hydrogen-bond donors (Lipinski definition) is 1. The first-order valence-corrected chi connectivity index (χ1v) is 8.20. The van der Waals surface area contributed by atoms with Gasteiger partial charge in [0.1, 0.15) is 11.6 Å². The summed E-state index contributed by atoms with van der Waals surface area (Å²) < 4.78 is 23.3. The van der Waals surface area contributed by atoms with Crippen LogP contribution < -0.4 is 10.1 Å². The van der Waals surface area contributed by atoms with Crippen LogP contribution in [0.1, 0.15) is 6.92 Å². The van der Waals surface area contributed by atoms with E-state index in [4.69, 9.17) is 27.9 Å². The molecule has 134 valence electrons. The van der Waals surface area contributed by atoms with Crippen molar-refractivity contribution in [2.75, 3.05) is 5.32 Å². The Kier molecular flexibility index (Phi) is 5.39. The molecule has 6 nitrogen and oxygen atoms in total. The fraction of sp³-hybridized carbons (Fsp3) is 0.118. The van der Waals surface area contributed by atoms with Crippen LogP contribution in [0.3, 0.4) is 0 Å². The van der Waals surface area contributed by atoms with Crippen molar-refractivity contribution in [3.8, 4) is 17.0 Å². The van der Waals surface area contributed by atoms with Crippen LogP contribution in [0, 0.1) is 5.82 Å². The predicted molar refractivity (Wildman–Crippen MR) is 94.9 cm³/mol. The van der Waals surface area contributed by atoms with Gasteiger partial charge < -0.3 is 10.1 Å². The summed E-state index contributed by atoms with van der Waals surface area (Å²) in [5, 5.41) is 10.7. The van der Waals surface area contributed by atoms with Crippen molar-refractivity contribution >= 4 is 34.9 Å². The minimum atomic E-state index is -0.883. The second-order valence-corrected chi connectivity index (χ2v) is 6.14. The van der Waals surface area contributed by atoms with Crippen LogP contribution >= 0.6 is 23.2 Å². The topological polar surface area (TPSA) is 77.2 Å². The SMILES string of the molecule is C[C@H](Oc1ccc(Cl)cc1Cl)C(=O)Nc1nonc1-c1ccc(F)cc1. The van der Waals surface area contributed by atoms with Gasteiger partial charge in [0.25, 0.3) is 5.91 Å². The van der Waals surface area contributed by atoms with Gasteiger partial charge in [0, 0.05) is 10.6 Å². The summed E-state index contributed by atoms with van der Waals surface area (Å²) in [6, 6.07) is 10.2. The Morgan fingerprint density at radius 1 is 1.19 bits per heavy atom. The molecule has 1 atom stereocenters. The molecular weight excluding hydrogens is 384 g/mol. The Morgan fingerprint density at radius 2 is 1.92 bits per heavy atom. The van der Waals surface area contributed by atoms with E-state index in [1.165, 1.54) is 30.3 Å². The van der Waals surface area contributed by atoms with Gasteiger partial charge in [-0.1, -0.05) is 23.2 Å². The largest absolute Gasteiger partial charge is 0.479 e. The van der Waals surface area contributed by atoms with Gasteiger partial charge in [-0.3, -0.25) is 4.79 Å². The molecule has 1 heterocycles. The summed E-state index contributed by atoms with van der Waals surface area (Å²) in [5.41, 5.74) is 0.812. The van der Waals surface area contributed by atoms with Gasteiger partial charge in [-0.15, -0.1) is 0 Å². The monoisotopic (exact) mass is 395 g/mol. The van der Waals surface area contributed by atoms with Gasteiger partial charge in [0.05, 0.1) is 5.02 Å². The number of anilines is 1. The lowest BCUT2D eigenvalue weighted by atomic mass is 10.1. The summed E-state index contributed by atoms with van der Waals surface area (Å²) in [6.45, 7) is 1.55. The van der Waals surface area contributed by atoms with Crippen LogP contribution in [0.4, 0.5) is 10.2 Å². The Morgan fingerprint density at radius 3 is 2.62 bits per heavy atom. The molecule has 0 spiro atoms. The molecule has 1 aromatic heterocycles. The van der Waals surface area contributed by atoms with Crippen LogP contribution in [0.15, 0.2) is 47.1 Å². The van der Waals surface area contributed by atoms with Crippen LogP contribution in [0.2, 0.25) is 10.0 Å². The van der Waals surface area contributed by atoms with Gasteiger partial charge in [0.15, 0.2) is 11.8 Å². The summed E-state index contributed by atoms with van der Waals surface area (Å²) in [5.74, 6) is -0.470. The Labute approximate surface area is 157 Å². The zero-order chi connectivity index (χ0) is 18.7. The third-order valence-corrected chi connectivity index (χ3v) is 3.95. The van der Waals surface area contributed by atoms with E-state index in [1.54, 1.807) is 19.1 Å². The summed E-state index contributed by atoms with van der Waals surface area (Å²) in [6.07, 6.45) is -0.883. The summed E-state index contributed by atoms with van der Waals surface area (Å²) in [4.78, 5) is 12.4. The van der Waals surface area contributed by atoms with Crippen LogP contribution in [0.5, 0.6) is 5.75 Å². The van der Waals surface area contributed by atoms with Gasteiger partial charge in [-0.25, -0.2) is 9.02 Å². The van der Waals surface area contributed by atoms with Crippen molar-refractivity contribution in [1.29, 1.82) is 0 Å². The highest BCUT2D eigenvalue weighted by Crippen LogP contribution is 2.29. The normalized spacial score (nSPS) is 11.8. The van der Waals surface area contributed by atoms with E-state index in [9.17, 15) is 9.18 Å². The fourth-order valence-electron chi connectivity index (χ4n) is 2.10. The van der Waals surface area contributed by atoms with Crippen LogP contribution in [-0.4, -0.2) is 22.3 Å². The predicted octanol–water partition coefficient (Wildman–Crippen LogP) is 4.59. The number of rotatable bonds is 5. The molecule has 0 aliphatic heterocycles. The number of nitrogens with zero attached hydrogens (tertiary/aromatic N) is 2. The first-order valence-electron chi connectivity index (χ1n) is 7.45. The van der Waals surface area contributed by atoms with Crippen molar-refractivity contribution in [1.82, 2.24) is 10.3 Å². The molecule has 1 amide bonds. The minimum Gasteiger partial charge on any atom is -0.479 e. The zero-order valence-electron chi connectivity index (χ0n) is 13.4. The quantitative estimate of drug-likeness (QED) is 0.683. The minimum absolute atomic E-state index is 0.0965. The highest BCUT2D eigenvalue weighted by atomic mass is 35.5. The molecule has 0 aliphatic carbocycles. The second kappa shape index (κ2) is 7.72. The number of halogens is 3. The highest BCUT2D eigenvalue weighted by Gasteiger charge is 2.21. The van der Waals surface area contributed by atoms with Gasteiger partial charge in [-0.05, 0) is 59.7 Å². The standard InChI is InChI=1S/C17H12Cl2FN3O3/c1-9(25-14-7-4-11(18)8-13(14)19)17(24)21-16-15(22-26-23-16)10-2-5-12(20)6-3-10/h2-9H,1H3,(H,21,23,24)/t9-/m0/s1. The average Bonchev–Trinajstić information content (AvgIpc) is 3.06. The number of aromatic nitrogens is 2. The Hall–Kier alpha value is -2.64. The van der Waals surface area contributed by atoms with Gasteiger partial charge in [-0.2, -0.15) is 0 Å². The van der Waals surface area contributed by atoms with E-state index in [0.29, 0.717) is 16.3 Å². The molecule has 26 heavy (non-hydrogen) atoms. The van der Waals surface area contributed by atoms with Crippen molar-refractivity contribution < 1.29 is 18.6 Å². The van der Waals surface area contributed by atoms with E-state index < -0.39 is 17.8 Å². The van der Waals surface area contributed by atoms with Crippen molar-refractivity contribution in [2.45, 2.75) is 13.0 Å². The molecule has 9 heteroatoms. The zero-order valence-corrected chi connectivity index (χ0v) is 14.9. The van der Waals surface area contributed by atoms with Gasteiger partial charge in [0.2, 0.25) is 5.82 Å². The van der Waals surface area contributed by atoms with E-state index in [2.05, 4.69) is 20.3 Å². The van der Waals surface area contributed by atoms with E-state index in [1.807, 2.05) is 0 Å². The van der Waals surface area contributed by atoms with Crippen molar-refractivity contribution in [3.05, 3.63) is 58.3 Å². The van der Waals surface area contributed by atoms with Crippen molar-refractivity contribution in [3.63, 3.8) is 0 Å². The smallest absolute Gasteiger partial charge is 0.266 e. The molecular formula is C17H12Cl2FN3O3. The van der Waals surface area contributed by atoms with E-state index >= 15 is 0 Å². The number of hydrogen-bond acceptors (Lipinski definition) is 5. The fourth-order valence-corrected chi connectivity index (χ4v) is 2.55. The average molecular weight is 396 g/mol. The second-order valence-electron chi connectivity index (χ2n) is 5.29. The molecule has 0 bridgehead atoms. The lowest BCUT2D eigenvalue weighted by Gasteiger charge is -2.15. The number of nitrogens with one attached hydrogen (secondary N) is 1.